The maximum absolute atomic E-state index is 12.3. The van der Waals surface area contributed by atoms with Gasteiger partial charge < -0.3 is 9.88 Å². The van der Waals surface area contributed by atoms with Crippen molar-refractivity contribution < 1.29 is 4.79 Å². The van der Waals surface area contributed by atoms with E-state index in [1.807, 2.05) is 28.8 Å². The Morgan fingerprint density at radius 2 is 2.10 bits per heavy atom. The first-order chi connectivity index (χ1) is 9.79. The second-order valence-corrected chi connectivity index (χ2v) is 5.18. The van der Waals surface area contributed by atoms with Crippen LogP contribution in [0.15, 0.2) is 24.3 Å². The molecule has 2 aromatic rings. The van der Waals surface area contributed by atoms with E-state index in [4.69, 9.17) is 0 Å². The predicted octanol–water partition coefficient (Wildman–Crippen LogP) is 2.42. The summed E-state index contributed by atoms with van der Waals surface area (Å²) >= 11 is 0. The number of fused-ring (bicyclic) bond motifs is 1. The number of anilines is 1. The van der Waals surface area contributed by atoms with E-state index in [2.05, 4.69) is 22.5 Å². The molecule has 0 unspecified atom stereocenters. The smallest absolute Gasteiger partial charge is 0.229 e. The van der Waals surface area contributed by atoms with Gasteiger partial charge in [-0.3, -0.25) is 10.1 Å². The third-order valence-electron chi connectivity index (χ3n) is 3.92. The van der Waals surface area contributed by atoms with Crippen molar-refractivity contribution in [2.75, 3.05) is 18.4 Å². The van der Waals surface area contributed by atoms with Crippen LogP contribution in [0.3, 0.4) is 0 Å². The molecule has 0 aliphatic carbocycles. The van der Waals surface area contributed by atoms with Crippen LogP contribution in [0, 0.1) is 5.92 Å². The van der Waals surface area contributed by atoms with Gasteiger partial charge in [0.15, 0.2) is 0 Å². The number of rotatable bonds is 3. The predicted molar refractivity (Wildman–Crippen MR) is 86.9 cm³/mol. The first kappa shape index (κ1) is 15.8. The number of aromatic nitrogens is 2. The van der Waals surface area contributed by atoms with Gasteiger partial charge >= 0.3 is 0 Å². The van der Waals surface area contributed by atoms with Crippen LogP contribution in [0.2, 0.25) is 0 Å². The zero-order chi connectivity index (χ0) is 13.9. The van der Waals surface area contributed by atoms with Crippen LogP contribution in [0.1, 0.15) is 19.8 Å². The fourth-order valence-electron chi connectivity index (χ4n) is 2.79. The Morgan fingerprint density at radius 3 is 2.81 bits per heavy atom. The third-order valence-corrected chi connectivity index (χ3v) is 3.92. The number of hydrogen-bond acceptors (Lipinski definition) is 3. The average Bonchev–Trinajstić information content (AvgIpc) is 2.85. The Kier molecular flexibility index (Phi) is 5.20. The van der Waals surface area contributed by atoms with Gasteiger partial charge in [0.25, 0.3) is 0 Å². The topological polar surface area (TPSA) is 59.0 Å². The average molecular weight is 309 g/mol. The molecule has 114 valence electrons. The summed E-state index contributed by atoms with van der Waals surface area (Å²) in [6.07, 6.45) is 1.80. The Bertz CT molecular complexity index is 619. The number of nitrogens with one attached hydrogen (secondary N) is 2. The van der Waals surface area contributed by atoms with Crippen LogP contribution in [-0.4, -0.2) is 28.5 Å². The van der Waals surface area contributed by atoms with E-state index in [1.54, 1.807) is 0 Å². The highest BCUT2D eigenvalue weighted by Crippen LogP contribution is 2.21. The van der Waals surface area contributed by atoms with Crippen LogP contribution >= 0.6 is 12.4 Å². The number of amides is 1. The number of aryl methyl sites for hydroxylation is 1. The summed E-state index contributed by atoms with van der Waals surface area (Å²) in [6, 6.07) is 7.97. The van der Waals surface area contributed by atoms with Crippen LogP contribution < -0.4 is 10.6 Å². The molecule has 2 N–H and O–H groups in total. The lowest BCUT2D eigenvalue weighted by Gasteiger charge is -2.21. The number of piperidine rings is 1. The Balaban J connectivity index is 0.00000161. The number of imidazole rings is 1. The summed E-state index contributed by atoms with van der Waals surface area (Å²) in [6.45, 7) is 4.70. The lowest BCUT2D eigenvalue weighted by Crippen LogP contribution is -2.35. The van der Waals surface area contributed by atoms with Crippen LogP contribution in [-0.2, 0) is 11.3 Å². The van der Waals surface area contributed by atoms with E-state index >= 15 is 0 Å². The second kappa shape index (κ2) is 6.91. The Morgan fingerprint density at radius 1 is 1.38 bits per heavy atom. The van der Waals surface area contributed by atoms with Gasteiger partial charge in [0.1, 0.15) is 0 Å². The molecule has 5 nitrogen and oxygen atoms in total. The molecule has 1 aromatic carbocycles. The molecule has 1 aliphatic heterocycles. The minimum atomic E-state index is 0. The summed E-state index contributed by atoms with van der Waals surface area (Å²) in [4.78, 5) is 16.9. The van der Waals surface area contributed by atoms with E-state index in [9.17, 15) is 4.79 Å². The van der Waals surface area contributed by atoms with Crippen molar-refractivity contribution in [1.82, 2.24) is 14.9 Å². The zero-order valence-corrected chi connectivity index (χ0v) is 12.9. The van der Waals surface area contributed by atoms with Crippen molar-refractivity contribution in [2.45, 2.75) is 26.3 Å². The number of benzene rings is 1. The monoisotopic (exact) mass is 308 g/mol. The zero-order valence-electron chi connectivity index (χ0n) is 12.1. The quantitative estimate of drug-likeness (QED) is 0.915. The first-order valence-corrected chi connectivity index (χ1v) is 7.26. The number of para-hydroxylation sites is 2. The molecular formula is C15H21ClN4O. The standard InChI is InChI=1S/C15H20N4O.ClH/c1-2-19-13-6-4-3-5-12(13)17-15(19)18-14(20)11-7-9-16-10-8-11;/h3-6,11,16H,2,7-10H2,1H3,(H,17,18,20);1H. The molecule has 1 saturated heterocycles. The number of carbonyl (C=O) groups is 1. The number of halogens is 1. The van der Waals surface area contributed by atoms with Gasteiger partial charge in [-0.1, -0.05) is 12.1 Å². The normalized spacial score (nSPS) is 15.7. The van der Waals surface area contributed by atoms with Gasteiger partial charge in [-0.05, 0) is 45.0 Å². The van der Waals surface area contributed by atoms with Crippen molar-refractivity contribution in [3.05, 3.63) is 24.3 Å². The van der Waals surface area contributed by atoms with Gasteiger partial charge in [0, 0.05) is 12.5 Å². The van der Waals surface area contributed by atoms with Crippen molar-refractivity contribution in [1.29, 1.82) is 0 Å². The maximum Gasteiger partial charge on any atom is 0.229 e. The highest BCUT2D eigenvalue weighted by atomic mass is 35.5. The van der Waals surface area contributed by atoms with E-state index in [-0.39, 0.29) is 24.2 Å². The highest BCUT2D eigenvalue weighted by Gasteiger charge is 2.22. The largest absolute Gasteiger partial charge is 0.317 e. The molecule has 3 rings (SSSR count). The molecule has 1 aromatic heterocycles. The molecule has 1 amide bonds. The van der Waals surface area contributed by atoms with Crippen molar-refractivity contribution in [2.24, 2.45) is 5.92 Å². The second-order valence-electron chi connectivity index (χ2n) is 5.18. The summed E-state index contributed by atoms with van der Waals surface area (Å²) in [5, 5.41) is 6.28. The summed E-state index contributed by atoms with van der Waals surface area (Å²) in [5.41, 5.74) is 1.99. The maximum atomic E-state index is 12.3. The van der Waals surface area contributed by atoms with Crippen molar-refractivity contribution in [3.63, 3.8) is 0 Å². The van der Waals surface area contributed by atoms with Crippen molar-refractivity contribution in [3.8, 4) is 0 Å². The summed E-state index contributed by atoms with van der Waals surface area (Å²) in [7, 11) is 0. The minimum absolute atomic E-state index is 0. The van der Waals surface area contributed by atoms with E-state index in [0.717, 1.165) is 43.5 Å². The van der Waals surface area contributed by atoms with Gasteiger partial charge in [-0.15, -0.1) is 12.4 Å². The molecule has 0 spiro atoms. The number of nitrogens with zero attached hydrogens (tertiary/aromatic N) is 2. The van der Waals surface area contributed by atoms with E-state index < -0.39 is 0 Å². The van der Waals surface area contributed by atoms with E-state index in [1.165, 1.54) is 0 Å². The molecule has 6 heteroatoms. The lowest BCUT2D eigenvalue weighted by atomic mass is 9.97. The van der Waals surface area contributed by atoms with Crippen molar-refractivity contribution >= 4 is 35.3 Å². The molecule has 0 saturated carbocycles. The molecule has 2 heterocycles. The SMILES string of the molecule is CCn1c(NC(=O)C2CCNCC2)nc2ccccc21.Cl. The molecule has 1 fully saturated rings. The van der Waals surface area contributed by atoms with Gasteiger partial charge in [-0.25, -0.2) is 4.98 Å². The van der Waals surface area contributed by atoms with Crippen LogP contribution in [0.4, 0.5) is 5.95 Å². The molecule has 0 radical (unpaired) electrons. The fourth-order valence-corrected chi connectivity index (χ4v) is 2.79. The Hall–Kier alpha value is -1.59. The third kappa shape index (κ3) is 3.19. The number of hydrogen-bond donors (Lipinski definition) is 2. The molecular weight excluding hydrogens is 288 g/mol. The number of carbonyl (C=O) groups excluding carboxylic acids is 1. The first-order valence-electron chi connectivity index (χ1n) is 7.26. The van der Waals surface area contributed by atoms with Gasteiger partial charge in [0.2, 0.25) is 11.9 Å². The molecule has 21 heavy (non-hydrogen) atoms. The van der Waals surface area contributed by atoms with Gasteiger partial charge in [0.05, 0.1) is 11.0 Å². The van der Waals surface area contributed by atoms with E-state index in [0.29, 0.717) is 5.95 Å². The Labute approximate surface area is 130 Å². The fraction of sp³-hybridized carbons (Fsp3) is 0.467. The van der Waals surface area contributed by atoms with Crippen LogP contribution in [0.25, 0.3) is 11.0 Å². The summed E-state index contributed by atoms with van der Waals surface area (Å²) in [5.74, 6) is 0.857. The molecule has 0 atom stereocenters. The molecule has 1 aliphatic rings. The minimum Gasteiger partial charge on any atom is -0.317 e. The molecule has 0 bridgehead atoms. The van der Waals surface area contributed by atoms with Crippen LogP contribution in [0.5, 0.6) is 0 Å². The highest BCUT2D eigenvalue weighted by molar-refractivity contribution is 5.93. The van der Waals surface area contributed by atoms with Gasteiger partial charge in [-0.2, -0.15) is 0 Å². The summed E-state index contributed by atoms with van der Waals surface area (Å²) < 4.78 is 2.05. The lowest BCUT2D eigenvalue weighted by molar-refractivity contribution is -0.120.